The molecule has 0 aliphatic heterocycles. The molecule has 2 N–H and O–H groups in total. The molecule has 1 amide bonds. The van der Waals surface area contributed by atoms with E-state index in [2.05, 4.69) is 19.2 Å². The summed E-state index contributed by atoms with van der Waals surface area (Å²) < 4.78 is 0. The lowest BCUT2D eigenvalue weighted by atomic mass is 9.94. The molecule has 0 spiro atoms. The fourth-order valence-electron chi connectivity index (χ4n) is 1.94. The van der Waals surface area contributed by atoms with Gasteiger partial charge in [-0.15, -0.1) is 0 Å². The van der Waals surface area contributed by atoms with E-state index in [0.29, 0.717) is 5.56 Å². The number of carbonyl (C=O) groups excluding carboxylic acids is 1. The smallest absolute Gasteiger partial charge is 0.328 e. The molecule has 0 radical (unpaired) electrons. The third kappa shape index (κ3) is 4.74. The van der Waals surface area contributed by atoms with Crippen molar-refractivity contribution in [3.05, 3.63) is 41.0 Å². The Morgan fingerprint density at radius 3 is 2.38 bits per heavy atom. The van der Waals surface area contributed by atoms with E-state index in [9.17, 15) is 9.59 Å². The Morgan fingerprint density at radius 1 is 1.29 bits per heavy atom. The number of hydrogen-bond donors (Lipinski definition) is 2. The maximum Gasteiger partial charge on any atom is 0.328 e. The summed E-state index contributed by atoms with van der Waals surface area (Å²) in [5.74, 6) is -1.09. The Morgan fingerprint density at radius 2 is 1.90 bits per heavy atom. The van der Waals surface area contributed by atoms with Crippen LogP contribution in [-0.2, 0) is 4.79 Å². The monoisotopic (exact) mass is 289 g/mol. The fourth-order valence-corrected chi connectivity index (χ4v) is 1.94. The average Bonchev–Trinajstić information content (AvgIpc) is 2.45. The molecule has 0 fully saturated rings. The van der Waals surface area contributed by atoms with Crippen molar-refractivity contribution in [2.24, 2.45) is 0 Å². The van der Waals surface area contributed by atoms with Crippen molar-refractivity contribution in [1.29, 1.82) is 0 Å². The number of carboxylic acid groups (broad SMARTS) is 1. The zero-order valence-electron chi connectivity index (χ0n) is 13.1. The van der Waals surface area contributed by atoms with E-state index in [0.717, 1.165) is 30.0 Å². The van der Waals surface area contributed by atoms with Gasteiger partial charge in [0.25, 0.3) is 5.91 Å². The number of benzene rings is 1. The Bertz CT molecular complexity index is 557. The van der Waals surface area contributed by atoms with Crippen LogP contribution in [0.4, 0.5) is 0 Å². The van der Waals surface area contributed by atoms with Gasteiger partial charge in [0.2, 0.25) is 0 Å². The van der Waals surface area contributed by atoms with Gasteiger partial charge in [-0.2, -0.15) is 0 Å². The number of carboxylic acids is 1. The molecule has 1 aromatic rings. The van der Waals surface area contributed by atoms with Gasteiger partial charge < -0.3 is 10.4 Å². The molecule has 0 saturated heterocycles. The molecule has 0 heterocycles. The normalized spacial score (nSPS) is 11.6. The zero-order chi connectivity index (χ0) is 16.0. The van der Waals surface area contributed by atoms with E-state index >= 15 is 0 Å². The molecule has 0 aliphatic rings. The van der Waals surface area contributed by atoms with Crippen LogP contribution < -0.4 is 5.32 Å². The quantitative estimate of drug-likeness (QED) is 0.789. The van der Waals surface area contributed by atoms with Gasteiger partial charge >= 0.3 is 5.97 Å². The van der Waals surface area contributed by atoms with Crippen LogP contribution in [0.1, 0.15) is 55.1 Å². The number of amides is 1. The van der Waals surface area contributed by atoms with Crippen LogP contribution in [0.25, 0.3) is 6.08 Å². The summed E-state index contributed by atoms with van der Waals surface area (Å²) in [7, 11) is 0. The second-order valence-electron chi connectivity index (χ2n) is 5.46. The Hall–Kier alpha value is -2.10. The SMILES string of the molecule is CCC(C)(CC)NC(=O)c1ccc(/C=C/C(=O)O)c(C)c1. The third-order valence-electron chi connectivity index (χ3n) is 3.91. The number of hydrogen-bond acceptors (Lipinski definition) is 2. The molecular weight excluding hydrogens is 266 g/mol. The van der Waals surface area contributed by atoms with Crippen LogP contribution in [0.5, 0.6) is 0 Å². The lowest BCUT2D eigenvalue weighted by Gasteiger charge is -2.28. The molecule has 114 valence electrons. The Labute approximate surface area is 125 Å². The van der Waals surface area contributed by atoms with E-state index < -0.39 is 5.97 Å². The summed E-state index contributed by atoms with van der Waals surface area (Å²) in [5.41, 5.74) is 2.05. The van der Waals surface area contributed by atoms with Crippen molar-refractivity contribution in [2.45, 2.75) is 46.1 Å². The molecule has 0 saturated carbocycles. The number of rotatable bonds is 6. The molecule has 4 heteroatoms. The second kappa shape index (κ2) is 7.07. The van der Waals surface area contributed by atoms with Gasteiger partial charge in [-0.3, -0.25) is 4.79 Å². The summed E-state index contributed by atoms with van der Waals surface area (Å²) in [5, 5.41) is 11.7. The second-order valence-corrected chi connectivity index (χ2v) is 5.46. The average molecular weight is 289 g/mol. The Kier molecular flexibility index (Phi) is 5.70. The van der Waals surface area contributed by atoms with E-state index in [1.807, 2.05) is 13.8 Å². The van der Waals surface area contributed by atoms with Crippen LogP contribution in [0.2, 0.25) is 0 Å². The molecule has 21 heavy (non-hydrogen) atoms. The first-order valence-corrected chi connectivity index (χ1v) is 7.15. The lowest BCUT2D eigenvalue weighted by Crippen LogP contribution is -2.44. The molecule has 0 aliphatic carbocycles. The fraction of sp³-hybridized carbons (Fsp3) is 0.412. The largest absolute Gasteiger partial charge is 0.478 e. The van der Waals surface area contributed by atoms with Gasteiger partial charge in [-0.1, -0.05) is 19.9 Å². The molecular formula is C17H23NO3. The summed E-state index contributed by atoms with van der Waals surface area (Å²) in [4.78, 5) is 22.8. The van der Waals surface area contributed by atoms with E-state index in [-0.39, 0.29) is 11.4 Å². The van der Waals surface area contributed by atoms with Crippen molar-refractivity contribution >= 4 is 18.0 Å². The molecule has 0 unspecified atom stereocenters. The minimum absolute atomic E-state index is 0.0990. The van der Waals surface area contributed by atoms with Crippen molar-refractivity contribution < 1.29 is 14.7 Å². The first kappa shape index (κ1) is 17.0. The molecule has 0 atom stereocenters. The number of nitrogens with one attached hydrogen (secondary N) is 1. The van der Waals surface area contributed by atoms with Gasteiger partial charge in [0.15, 0.2) is 0 Å². The highest BCUT2D eigenvalue weighted by molar-refractivity contribution is 5.95. The first-order chi connectivity index (χ1) is 9.81. The van der Waals surface area contributed by atoms with Crippen LogP contribution in [0, 0.1) is 6.92 Å². The first-order valence-electron chi connectivity index (χ1n) is 7.15. The molecule has 4 nitrogen and oxygen atoms in total. The van der Waals surface area contributed by atoms with E-state index in [1.54, 1.807) is 18.2 Å². The predicted molar refractivity (Wildman–Crippen MR) is 84.3 cm³/mol. The van der Waals surface area contributed by atoms with E-state index in [1.165, 1.54) is 6.08 Å². The topological polar surface area (TPSA) is 66.4 Å². The van der Waals surface area contributed by atoms with Gasteiger partial charge in [0, 0.05) is 17.2 Å². The van der Waals surface area contributed by atoms with Crippen LogP contribution in [0.15, 0.2) is 24.3 Å². The predicted octanol–water partition coefficient (Wildman–Crippen LogP) is 3.40. The Balaban J connectivity index is 2.93. The summed E-state index contributed by atoms with van der Waals surface area (Å²) >= 11 is 0. The van der Waals surface area contributed by atoms with Crippen molar-refractivity contribution in [1.82, 2.24) is 5.32 Å². The van der Waals surface area contributed by atoms with Gasteiger partial charge in [-0.05, 0) is 56.0 Å². The standard InChI is InChI=1S/C17H23NO3/c1-5-17(4,6-2)18-16(21)14-8-7-13(12(3)11-14)9-10-15(19)20/h7-11H,5-6H2,1-4H3,(H,18,21)(H,19,20)/b10-9+. The summed E-state index contributed by atoms with van der Waals surface area (Å²) in [6.07, 6.45) is 4.36. The van der Waals surface area contributed by atoms with Gasteiger partial charge in [-0.25, -0.2) is 4.79 Å². The lowest BCUT2D eigenvalue weighted by molar-refractivity contribution is -0.131. The minimum atomic E-state index is -0.988. The maximum atomic E-state index is 12.3. The van der Waals surface area contributed by atoms with Crippen molar-refractivity contribution in [2.75, 3.05) is 0 Å². The minimum Gasteiger partial charge on any atom is -0.478 e. The highest BCUT2D eigenvalue weighted by atomic mass is 16.4. The molecule has 1 rings (SSSR count). The summed E-state index contributed by atoms with van der Waals surface area (Å²) in [6, 6.07) is 5.26. The van der Waals surface area contributed by atoms with Gasteiger partial charge in [0.1, 0.15) is 0 Å². The van der Waals surface area contributed by atoms with E-state index in [4.69, 9.17) is 5.11 Å². The maximum absolute atomic E-state index is 12.3. The molecule has 0 bridgehead atoms. The van der Waals surface area contributed by atoms with Crippen LogP contribution >= 0.6 is 0 Å². The van der Waals surface area contributed by atoms with Crippen LogP contribution in [0.3, 0.4) is 0 Å². The van der Waals surface area contributed by atoms with Gasteiger partial charge in [0.05, 0.1) is 0 Å². The molecule has 0 aromatic heterocycles. The number of carbonyl (C=O) groups is 2. The number of aryl methyl sites for hydroxylation is 1. The zero-order valence-corrected chi connectivity index (χ0v) is 13.1. The van der Waals surface area contributed by atoms with Crippen LogP contribution in [-0.4, -0.2) is 22.5 Å². The number of aliphatic carboxylic acids is 1. The highest BCUT2D eigenvalue weighted by Crippen LogP contribution is 2.17. The third-order valence-corrected chi connectivity index (χ3v) is 3.91. The summed E-state index contributed by atoms with van der Waals surface area (Å²) in [6.45, 7) is 7.99. The highest BCUT2D eigenvalue weighted by Gasteiger charge is 2.22. The molecule has 1 aromatic carbocycles. The van der Waals surface area contributed by atoms with Crippen molar-refractivity contribution in [3.63, 3.8) is 0 Å². The van der Waals surface area contributed by atoms with Crippen molar-refractivity contribution in [3.8, 4) is 0 Å².